The van der Waals surface area contributed by atoms with Crippen molar-refractivity contribution in [3.05, 3.63) is 58.2 Å². The first-order valence-corrected chi connectivity index (χ1v) is 10.8. The number of nitrogens with zero attached hydrogens (tertiary/aromatic N) is 3. The second kappa shape index (κ2) is 8.20. The fourth-order valence-corrected chi connectivity index (χ4v) is 4.71. The fraction of sp³-hybridized carbons (Fsp3) is 0.500. The van der Waals surface area contributed by atoms with Crippen LogP contribution < -0.4 is 4.74 Å². The molecule has 1 atom stereocenters. The van der Waals surface area contributed by atoms with Gasteiger partial charge in [0, 0.05) is 30.1 Å². The highest BCUT2D eigenvalue weighted by Crippen LogP contribution is 2.55. The van der Waals surface area contributed by atoms with Crippen molar-refractivity contribution in [3.63, 3.8) is 0 Å². The number of carbonyl (C=O) groups excluding carboxylic acids is 1. The quantitative estimate of drug-likeness (QED) is 0.734. The molecule has 1 aliphatic carbocycles. The molecule has 1 aliphatic heterocycles. The molecule has 2 heterocycles. The highest BCUT2D eigenvalue weighted by molar-refractivity contribution is 5.98. The van der Waals surface area contributed by atoms with Crippen LogP contribution in [0.4, 0.5) is 4.39 Å². The number of hydrogen-bond donors (Lipinski definition) is 1. The summed E-state index contributed by atoms with van der Waals surface area (Å²) >= 11 is 0. The third-order valence-electron chi connectivity index (χ3n) is 6.33. The molecule has 1 N–H and O–H groups in total. The van der Waals surface area contributed by atoms with Gasteiger partial charge in [0.25, 0.3) is 5.91 Å². The topological polar surface area (TPSA) is 65.9 Å². The average Bonchev–Trinajstić information content (AvgIpc) is 3.51. The maximum absolute atomic E-state index is 14.0. The number of aliphatic hydroxyl groups is 1. The molecule has 0 radical (unpaired) electrons. The molecule has 1 saturated carbocycles. The zero-order chi connectivity index (χ0) is 22.3. The number of aromatic nitrogens is 1. The monoisotopic (exact) mass is 427 g/mol. The van der Waals surface area contributed by atoms with E-state index in [1.54, 1.807) is 13.0 Å². The lowest BCUT2D eigenvalue weighted by atomic mass is 9.81. The molecule has 0 unspecified atom stereocenters. The Bertz CT molecular complexity index is 1000. The molecule has 31 heavy (non-hydrogen) atoms. The van der Waals surface area contributed by atoms with Gasteiger partial charge < -0.3 is 19.6 Å². The van der Waals surface area contributed by atoms with Crippen molar-refractivity contribution in [2.24, 2.45) is 0 Å². The lowest BCUT2D eigenvalue weighted by molar-refractivity contribution is 0.0633. The summed E-state index contributed by atoms with van der Waals surface area (Å²) < 4.78 is 19.4. The number of hydrogen-bond acceptors (Lipinski definition) is 5. The Hall–Kier alpha value is -2.51. The van der Waals surface area contributed by atoms with Crippen molar-refractivity contribution in [1.29, 1.82) is 0 Å². The molecule has 1 spiro atoms. The molecule has 0 bridgehead atoms. The summed E-state index contributed by atoms with van der Waals surface area (Å²) in [7, 11) is 4.01. The van der Waals surface area contributed by atoms with Crippen LogP contribution in [0.1, 0.15) is 65.5 Å². The second-order valence-electron chi connectivity index (χ2n) is 8.94. The van der Waals surface area contributed by atoms with Crippen molar-refractivity contribution in [2.45, 2.75) is 51.3 Å². The summed E-state index contributed by atoms with van der Waals surface area (Å²) in [5.41, 5.74) is 4.21. The molecule has 2 aliphatic rings. The number of carbonyl (C=O) groups is 1. The lowest BCUT2D eigenvalue weighted by Crippen LogP contribution is -2.45. The van der Waals surface area contributed by atoms with Crippen LogP contribution in [0.15, 0.2) is 24.4 Å². The number of pyridine rings is 1. The fourth-order valence-electron chi connectivity index (χ4n) is 4.71. The zero-order valence-corrected chi connectivity index (χ0v) is 18.6. The van der Waals surface area contributed by atoms with Gasteiger partial charge in [0.2, 0.25) is 0 Å². The van der Waals surface area contributed by atoms with Gasteiger partial charge in [0.05, 0.1) is 31.1 Å². The molecule has 166 valence electrons. The summed E-state index contributed by atoms with van der Waals surface area (Å²) in [6.07, 6.45) is 3.21. The van der Waals surface area contributed by atoms with E-state index in [2.05, 4.69) is 9.88 Å². The molecule has 6 nitrogen and oxygen atoms in total. The Kier molecular flexibility index (Phi) is 5.75. The van der Waals surface area contributed by atoms with E-state index < -0.39 is 5.82 Å². The van der Waals surface area contributed by atoms with Gasteiger partial charge in [-0.15, -0.1) is 0 Å². The smallest absolute Gasteiger partial charge is 0.254 e. The molecule has 1 aromatic heterocycles. The van der Waals surface area contributed by atoms with Crippen LogP contribution in [0.3, 0.4) is 0 Å². The summed E-state index contributed by atoms with van der Waals surface area (Å²) in [5.74, 6) is -0.423. The van der Waals surface area contributed by atoms with Crippen molar-refractivity contribution >= 4 is 5.91 Å². The molecule has 1 amide bonds. The second-order valence-corrected chi connectivity index (χ2v) is 8.94. The number of halogens is 1. The number of rotatable bonds is 7. The predicted octanol–water partition coefficient (Wildman–Crippen LogP) is 3.42. The Labute approximate surface area is 182 Å². The Morgan fingerprint density at radius 2 is 2.06 bits per heavy atom. The van der Waals surface area contributed by atoms with Gasteiger partial charge in [-0.2, -0.15) is 0 Å². The van der Waals surface area contributed by atoms with E-state index in [0.717, 1.165) is 42.3 Å². The van der Waals surface area contributed by atoms with Gasteiger partial charge >= 0.3 is 0 Å². The van der Waals surface area contributed by atoms with Gasteiger partial charge in [-0.05, 0) is 63.5 Å². The van der Waals surface area contributed by atoms with Gasteiger partial charge in [-0.1, -0.05) is 6.07 Å². The number of aliphatic hydroxyl groups excluding tert-OH is 1. The predicted molar refractivity (Wildman–Crippen MR) is 115 cm³/mol. The molecule has 7 heteroatoms. The van der Waals surface area contributed by atoms with E-state index >= 15 is 0 Å². The van der Waals surface area contributed by atoms with Crippen molar-refractivity contribution < 1.29 is 19.0 Å². The van der Waals surface area contributed by atoms with Gasteiger partial charge in [0.1, 0.15) is 0 Å². The zero-order valence-electron chi connectivity index (χ0n) is 18.6. The Morgan fingerprint density at radius 3 is 2.68 bits per heavy atom. The third-order valence-corrected chi connectivity index (χ3v) is 6.33. The number of ether oxygens (including phenoxy) is 1. The maximum atomic E-state index is 14.0. The number of fused-ring (bicyclic) bond motifs is 2. The minimum atomic E-state index is -0.507. The first kappa shape index (κ1) is 21.7. The summed E-state index contributed by atoms with van der Waals surface area (Å²) in [4.78, 5) is 21.8. The van der Waals surface area contributed by atoms with Crippen LogP contribution in [0.2, 0.25) is 0 Å². The Morgan fingerprint density at radius 1 is 1.32 bits per heavy atom. The van der Waals surface area contributed by atoms with Crippen LogP contribution in [0.25, 0.3) is 0 Å². The molecule has 4 rings (SSSR count). The standard InChI is InChI=1S/C24H30FN3O3/c1-5-31-21-10-20(26-11-19(21)25)15(2)28-14-24(6-7-24)22-17(12-27(3)4)8-16(13-29)9-18(22)23(28)30/h8-11,15,29H,5-7,12-14H2,1-4H3/t15-/m0/s1. The van der Waals surface area contributed by atoms with Crippen LogP contribution in [-0.4, -0.2) is 53.0 Å². The molecule has 2 aromatic rings. The van der Waals surface area contributed by atoms with Crippen molar-refractivity contribution in [3.8, 4) is 5.75 Å². The first-order valence-electron chi connectivity index (χ1n) is 10.8. The van der Waals surface area contributed by atoms with E-state index in [-0.39, 0.29) is 29.7 Å². The van der Waals surface area contributed by atoms with Crippen LogP contribution in [0.5, 0.6) is 5.75 Å². The van der Waals surface area contributed by atoms with Crippen LogP contribution in [-0.2, 0) is 18.6 Å². The normalized spacial score (nSPS) is 17.8. The number of amides is 1. The van der Waals surface area contributed by atoms with Crippen LogP contribution in [0, 0.1) is 5.82 Å². The average molecular weight is 428 g/mol. The van der Waals surface area contributed by atoms with Crippen molar-refractivity contribution in [1.82, 2.24) is 14.8 Å². The largest absolute Gasteiger partial charge is 0.491 e. The van der Waals surface area contributed by atoms with E-state index in [0.29, 0.717) is 24.4 Å². The summed E-state index contributed by atoms with van der Waals surface area (Å²) in [6.45, 7) is 5.30. The highest BCUT2D eigenvalue weighted by Gasteiger charge is 2.53. The SMILES string of the molecule is CCOc1cc([C@H](C)N2CC3(CC3)c3c(CN(C)C)cc(CO)cc3C2=O)ncc1F. The molecular weight excluding hydrogens is 397 g/mol. The molecule has 1 fully saturated rings. The minimum Gasteiger partial charge on any atom is -0.491 e. The van der Waals surface area contributed by atoms with E-state index in [1.165, 1.54) is 0 Å². The maximum Gasteiger partial charge on any atom is 0.254 e. The molecular formula is C24H30FN3O3. The third kappa shape index (κ3) is 3.92. The number of benzene rings is 1. The molecule has 1 aromatic carbocycles. The minimum absolute atomic E-state index is 0.0559. The summed E-state index contributed by atoms with van der Waals surface area (Å²) in [5, 5.41) is 9.79. The Balaban J connectivity index is 1.75. The van der Waals surface area contributed by atoms with Crippen molar-refractivity contribution in [2.75, 3.05) is 27.2 Å². The summed E-state index contributed by atoms with van der Waals surface area (Å²) in [6, 6.07) is 5.13. The highest BCUT2D eigenvalue weighted by atomic mass is 19.1. The first-order chi connectivity index (χ1) is 14.8. The van der Waals surface area contributed by atoms with E-state index in [9.17, 15) is 14.3 Å². The van der Waals surface area contributed by atoms with E-state index in [1.807, 2.05) is 38.1 Å². The van der Waals surface area contributed by atoms with E-state index in [4.69, 9.17) is 4.74 Å². The van der Waals surface area contributed by atoms with Crippen LogP contribution >= 0.6 is 0 Å². The van der Waals surface area contributed by atoms with Gasteiger partial charge in [-0.25, -0.2) is 4.39 Å². The lowest BCUT2D eigenvalue weighted by Gasteiger charge is -2.40. The van der Waals surface area contributed by atoms with Gasteiger partial charge in [0.15, 0.2) is 11.6 Å². The van der Waals surface area contributed by atoms with Gasteiger partial charge in [-0.3, -0.25) is 9.78 Å². The molecule has 0 saturated heterocycles.